The van der Waals surface area contributed by atoms with Gasteiger partial charge in [0.25, 0.3) is 0 Å². The van der Waals surface area contributed by atoms with E-state index in [-0.39, 0.29) is 6.04 Å². The van der Waals surface area contributed by atoms with Crippen molar-refractivity contribution in [2.45, 2.75) is 25.1 Å². The third-order valence-corrected chi connectivity index (χ3v) is 3.48. The Balaban J connectivity index is 1.84. The summed E-state index contributed by atoms with van der Waals surface area (Å²) in [7, 11) is 0. The van der Waals surface area contributed by atoms with Crippen molar-refractivity contribution in [2.75, 3.05) is 13.1 Å². The van der Waals surface area contributed by atoms with Crippen LogP contribution in [-0.4, -0.2) is 51.4 Å². The molecule has 1 saturated heterocycles. The summed E-state index contributed by atoms with van der Waals surface area (Å²) in [4.78, 5) is 16.8. The van der Waals surface area contributed by atoms with E-state index in [0.29, 0.717) is 19.5 Å². The van der Waals surface area contributed by atoms with Crippen LogP contribution in [0.1, 0.15) is 12.1 Å². The van der Waals surface area contributed by atoms with Crippen LogP contribution in [-0.2, 0) is 6.54 Å². The van der Waals surface area contributed by atoms with Gasteiger partial charge in [-0.05, 0) is 6.42 Å². The maximum atomic E-state index is 10.5. The van der Waals surface area contributed by atoms with Crippen LogP contribution < -0.4 is 5.32 Å². The van der Waals surface area contributed by atoms with E-state index in [1.54, 1.807) is 16.8 Å². The molecule has 0 aromatic carbocycles. The highest BCUT2D eigenvalue weighted by Crippen LogP contribution is 2.14. The third kappa shape index (κ3) is 3.39. The lowest BCUT2D eigenvalue weighted by Crippen LogP contribution is -2.53. The molecule has 7 heteroatoms. The maximum Gasteiger partial charge on any atom is 0.404 e. The number of likely N-dealkylation sites (tertiary alicyclic amines) is 1. The Morgan fingerprint density at radius 1 is 1.71 bits per heavy atom. The van der Waals surface area contributed by atoms with E-state index in [1.807, 2.05) is 5.38 Å². The number of thiazole rings is 1. The monoisotopic (exact) mass is 257 g/mol. The zero-order valence-electron chi connectivity index (χ0n) is 9.24. The fraction of sp³-hybridized carbons (Fsp3) is 0.600. The molecule has 3 N–H and O–H groups in total. The minimum atomic E-state index is -1.08. The van der Waals surface area contributed by atoms with Gasteiger partial charge < -0.3 is 15.5 Å². The Bertz CT molecular complexity index is 371. The number of rotatable bonds is 3. The Kier molecular flexibility index (Phi) is 3.93. The van der Waals surface area contributed by atoms with Crippen LogP contribution in [0.4, 0.5) is 4.79 Å². The molecule has 2 rings (SSSR count). The molecule has 2 atom stereocenters. The molecule has 0 aliphatic carbocycles. The van der Waals surface area contributed by atoms with Gasteiger partial charge in [0.15, 0.2) is 0 Å². The zero-order valence-corrected chi connectivity index (χ0v) is 10.1. The predicted molar refractivity (Wildman–Crippen MR) is 63.0 cm³/mol. The molecule has 1 aromatic heterocycles. The number of aliphatic hydroxyl groups excluding tert-OH is 1. The lowest BCUT2D eigenvalue weighted by Gasteiger charge is -2.35. The highest BCUT2D eigenvalue weighted by atomic mass is 32.1. The van der Waals surface area contributed by atoms with E-state index < -0.39 is 12.2 Å². The van der Waals surface area contributed by atoms with Gasteiger partial charge in [0.1, 0.15) is 0 Å². The first kappa shape index (κ1) is 12.3. The summed E-state index contributed by atoms with van der Waals surface area (Å²) in [5.74, 6) is 0. The second-order valence-corrected chi connectivity index (χ2v) is 4.85. The summed E-state index contributed by atoms with van der Waals surface area (Å²) in [6.45, 7) is 1.95. The number of aliphatic hydroxyl groups is 1. The van der Waals surface area contributed by atoms with Gasteiger partial charge in [-0.2, -0.15) is 0 Å². The average Bonchev–Trinajstić information content (AvgIpc) is 2.74. The van der Waals surface area contributed by atoms with E-state index in [4.69, 9.17) is 5.11 Å². The zero-order chi connectivity index (χ0) is 12.3. The molecular formula is C10H15N3O3S. The number of hydrogen-bond donors (Lipinski definition) is 3. The molecule has 1 aliphatic heterocycles. The van der Waals surface area contributed by atoms with Gasteiger partial charge in [-0.25, -0.2) is 9.78 Å². The Morgan fingerprint density at radius 2 is 2.53 bits per heavy atom. The third-order valence-electron chi connectivity index (χ3n) is 2.84. The quantitative estimate of drug-likeness (QED) is 0.727. The highest BCUT2D eigenvalue weighted by molar-refractivity contribution is 7.07. The molecule has 6 nitrogen and oxygen atoms in total. The van der Waals surface area contributed by atoms with Crippen LogP contribution in [0.15, 0.2) is 10.9 Å². The predicted octanol–water partition coefficient (Wildman–Crippen LogP) is 0.346. The molecule has 0 saturated carbocycles. The fourth-order valence-electron chi connectivity index (χ4n) is 2.01. The van der Waals surface area contributed by atoms with Gasteiger partial charge in [-0.15, -0.1) is 11.3 Å². The number of aromatic nitrogens is 1. The van der Waals surface area contributed by atoms with Crippen molar-refractivity contribution in [3.63, 3.8) is 0 Å². The average molecular weight is 257 g/mol. The van der Waals surface area contributed by atoms with Crippen LogP contribution in [0.3, 0.4) is 0 Å². The van der Waals surface area contributed by atoms with Crippen LogP contribution >= 0.6 is 11.3 Å². The van der Waals surface area contributed by atoms with Crippen molar-refractivity contribution in [2.24, 2.45) is 0 Å². The van der Waals surface area contributed by atoms with Gasteiger partial charge in [0, 0.05) is 25.0 Å². The van der Waals surface area contributed by atoms with Crippen molar-refractivity contribution < 1.29 is 15.0 Å². The summed E-state index contributed by atoms with van der Waals surface area (Å²) in [5.41, 5.74) is 2.77. The lowest BCUT2D eigenvalue weighted by atomic mass is 10.0. The van der Waals surface area contributed by atoms with Gasteiger partial charge in [0.05, 0.1) is 23.4 Å². The van der Waals surface area contributed by atoms with Crippen molar-refractivity contribution >= 4 is 17.4 Å². The molecule has 94 valence electrons. The van der Waals surface area contributed by atoms with Gasteiger partial charge >= 0.3 is 6.09 Å². The summed E-state index contributed by atoms with van der Waals surface area (Å²) >= 11 is 1.55. The number of carboxylic acid groups (broad SMARTS) is 1. The van der Waals surface area contributed by atoms with E-state index >= 15 is 0 Å². The molecular weight excluding hydrogens is 242 g/mol. The molecule has 1 fully saturated rings. The molecule has 1 aliphatic rings. The number of carbonyl (C=O) groups is 1. The first-order valence-electron chi connectivity index (χ1n) is 5.42. The highest BCUT2D eigenvalue weighted by Gasteiger charge is 2.28. The largest absolute Gasteiger partial charge is 0.465 e. The number of β-amino-alcohol motifs (C(OH)–C–C–N with tert-alkyl or cyclic N) is 1. The second kappa shape index (κ2) is 5.44. The van der Waals surface area contributed by atoms with Gasteiger partial charge in [-0.1, -0.05) is 0 Å². The van der Waals surface area contributed by atoms with Crippen LogP contribution in [0.25, 0.3) is 0 Å². The number of nitrogens with zero attached hydrogens (tertiary/aromatic N) is 2. The van der Waals surface area contributed by atoms with Crippen molar-refractivity contribution in [1.82, 2.24) is 15.2 Å². The fourth-order valence-corrected chi connectivity index (χ4v) is 2.56. The molecule has 0 bridgehead atoms. The maximum absolute atomic E-state index is 10.5. The Labute approximate surface area is 103 Å². The Hall–Kier alpha value is -1.18. The second-order valence-electron chi connectivity index (χ2n) is 4.13. The van der Waals surface area contributed by atoms with Crippen molar-refractivity contribution in [1.29, 1.82) is 0 Å². The Morgan fingerprint density at radius 3 is 3.12 bits per heavy atom. The van der Waals surface area contributed by atoms with Crippen LogP contribution in [0, 0.1) is 0 Å². The lowest BCUT2D eigenvalue weighted by molar-refractivity contribution is 0.0370. The molecule has 1 aromatic rings. The number of hydrogen-bond acceptors (Lipinski definition) is 5. The van der Waals surface area contributed by atoms with Crippen LogP contribution in [0.2, 0.25) is 0 Å². The van der Waals surface area contributed by atoms with Crippen molar-refractivity contribution in [3.05, 3.63) is 16.6 Å². The van der Waals surface area contributed by atoms with Crippen molar-refractivity contribution in [3.8, 4) is 0 Å². The van der Waals surface area contributed by atoms with Crippen LogP contribution in [0.5, 0.6) is 0 Å². The van der Waals surface area contributed by atoms with E-state index in [0.717, 1.165) is 12.2 Å². The summed E-state index contributed by atoms with van der Waals surface area (Å²) in [6, 6.07) is -0.362. The number of amides is 1. The van der Waals surface area contributed by atoms with E-state index in [2.05, 4.69) is 15.2 Å². The van der Waals surface area contributed by atoms with Gasteiger partial charge in [0.2, 0.25) is 0 Å². The van der Waals surface area contributed by atoms with E-state index in [1.165, 1.54) is 0 Å². The molecule has 0 unspecified atom stereocenters. The summed E-state index contributed by atoms with van der Waals surface area (Å²) in [6.07, 6.45) is -1.11. The summed E-state index contributed by atoms with van der Waals surface area (Å²) < 4.78 is 0. The first-order valence-corrected chi connectivity index (χ1v) is 6.36. The first-order chi connectivity index (χ1) is 8.15. The molecule has 17 heavy (non-hydrogen) atoms. The number of piperidine rings is 1. The SMILES string of the molecule is O=C(O)N[C@H]1CCN(Cc2cscn2)C[C@H]1O. The molecule has 2 heterocycles. The van der Waals surface area contributed by atoms with Gasteiger partial charge in [-0.3, -0.25) is 4.90 Å². The minimum Gasteiger partial charge on any atom is -0.465 e. The standard InChI is InChI=1S/C10H15N3O3S/c14-9-4-13(3-7-5-17-6-11-7)2-1-8(9)12-10(15)16/h5-6,8-9,12,14H,1-4H2,(H,15,16)/t8-,9+/m0/s1. The molecule has 1 amide bonds. The normalized spacial score (nSPS) is 25.7. The summed E-state index contributed by atoms with van der Waals surface area (Å²) in [5, 5.41) is 22.8. The topological polar surface area (TPSA) is 85.7 Å². The minimum absolute atomic E-state index is 0.362. The molecule has 0 spiro atoms. The molecule has 0 radical (unpaired) electrons. The van der Waals surface area contributed by atoms with E-state index in [9.17, 15) is 9.90 Å². The number of nitrogens with one attached hydrogen (secondary N) is 1. The smallest absolute Gasteiger partial charge is 0.404 e.